The fraction of sp³-hybridized carbons (Fsp3) is 0. The number of nitrogens with one attached hydrogen (secondary N) is 1. The second-order valence-corrected chi connectivity index (χ2v) is 4.69. The van der Waals surface area contributed by atoms with Crippen LogP contribution in [0.25, 0.3) is 0 Å². The lowest BCUT2D eigenvalue weighted by Gasteiger charge is -2.05. The predicted molar refractivity (Wildman–Crippen MR) is 73.5 cm³/mol. The zero-order chi connectivity index (χ0) is 12.3. The molecule has 4 heteroatoms. The van der Waals surface area contributed by atoms with E-state index in [1.54, 1.807) is 24.3 Å². The molecule has 2 nitrogen and oxygen atoms in total. The van der Waals surface area contributed by atoms with Crippen molar-refractivity contribution in [2.75, 3.05) is 5.32 Å². The van der Waals surface area contributed by atoms with E-state index in [-0.39, 0.29) is 5.56 Å². The summed E-state index contributed by atoms with van der Waals surface area (Å²) in [7, 11) is 0. The molecule has 0 saturated carbocycles. The van der Waals surface area contributed by atoms with E-state index in [1.807, 2.05) is 12.1 Å². The Bertz CT molecular complexity index is 539. The summed E-state index contributed by atoms with van der Waals surface area (Å²) in [5.41, 5.74) is 0.699. The van der Waals surface area contributed by atoms with E-state index < -0.39 is 11.7 Å². The molecule has 2 rings (SSSR count). The van der Waals surface area contributed by atoms with Gasteiger partial charge in [0.2, 0.25) is 0 Å². The summed E-state index contributed by atoms with van der Waals surface area (Å²) in [6.45, 7) is 0. The minimum atomic E-state index is -0.518. The Kier molecular flexibility index (Phi) is 3.73. The lowest BCUT2D eigenvalue weighted by Crippen LogP contribution is -2.13. The van der Waals surface area contributed by atoms with Gasteiger partial charge in [-0.1, -0.05) is 12.1 Å². The highest BCUT2D eigenvalue weighted by molar-refractivity contribution is 14.1. The van der Waals surface area contributed by atoms with Crippen LogP contribution in [-0.2, 0) is 0 Å². The highest BCUT2D eigenvalue weighted by Gasteiger charge is 2.10. The van der Waals surface area contributed by atoms with Crippen molar-refractivity contribution in [3.63, 3.8) is 0 Å². The number of benzene rings is 2. The summed E-state index contributed by atoms with van der Waals surface area (Å²) >= 11 is 2.17. The van der Waals surface area contributed by atoms with Gasteiger partial charge in [0.15, 0.2) is 0 Å². The Morgan fingerprint density at radius 3 is 2.35 bits per heavy atom. The van der Waals surface area contributed by atoms with Gasteiger partial charge in [0.25, 0.3) is 5.91 Å². The second kappa shape index (κ2) is 5.27. The van der Waals surface area contributed by atoms with Crippen molar-refractivity contribution in [2.45, 2.75) is 0 Å². The molecular weight excluding hydrogens is 332 g/mol. The monoisotopic (exact) mass is 341 g/mol. The third-order valence-corrected chi connectivity index (χ3v) is 2.94. The zero-order valence-electron chi connectivity index (χ0n) is 8.78. The molecular formula is C13H9FINO. The van der Waals surface area contributed by atoms with Crippen LogP contribution in [-0.4, -0.2) is 5.91 Å². The van der Waals surface area contributed by atoms with Crippen molar-refractivity contribution in [2.24, 2.45) is 0 Å². The van der Waals surface area contributed by atoms with E-state index in [9.17, 15) is 9.18 Å². The number of rotatable bonds is 2. The minimum absolute atomic E-state index is 0.0473. The van der Waals surface area contributed by atoms with Crippen LogP contribution in [0.2, 0.25) is 0 Å². The summed E-state index contributed by atoms with van der Waals surface area (Å²) < 4.78 is 14.4. The quantitative estimate of drug-likeness (QED) is 0.830. The van der Waals surface area contributed by atoms with Crippen LogP contribution in [0, 0.1) is 9.39 Å². The summed E-state index contributed by atoms with van der Waals surface area (Å²) in [6.07, 6.45) is 0. The zero-order valence-corrected chi connectivity index (χ0v) is 10.9. The molecule has 0 aliphatic carbocycles. The van der Waals surface area contributed by atoms with Crippen molar-refractivity contribution in [1.29, 1.82) is 0 Å². The topological polar surface area (TPSA) is 29.1 Å². The van der Waals surface area contributed by atoms with Crippen molar-refractivity contribution < 1.29 is 9.18 Å². The van der Waals surface area contributed by atoms with E-state index in [2.05, 4.69) is 27.9 Å². The molecule has 0 bridgehead atoms. The number of carbonyl (C=O) groups excluding carboxylic acids is 1. The standard InChI is InChI=1S/C13H9FINO/c14-12-4-2-1-3-11(12)13(17)16-10-7-5-9(15)6-8-10/h1-8H,(H,16,17). The number of halogens is 2. The van der Waals surface area contributed by atoms with Gasteiger partial charge in [0.05, 0.1) is 5.56 Å². The Morgan fingerprint density at radius 1 is 1.06 bits per heavy atom. The molecule has 0 aliphatic heterocycles. The number of anilines is 1. The Labute approximate surface area is 112 Å². The summed E-state index contributed by atoms with van der Waals surface area (Å²) in [5.74, 6) is -0.959. The molecule has 1 amide bonds. The van der Waals surface area contributed by atoms with Crippen LogP contribution >= 0.6 is 22.6 Å². The normalized spacial score (nSPS) is 10.0. The smallest absolute Gasteiger partial charge is 0.258 e. The van der Waals surface area contributed by atoms with Crippen LogP contribution in [0.1, 0.15) is 10.4 Å². The van der Waals surface area contributed by atoms with E-state index in [0.717, 1.165) is 3.57 Å². The van der Waals surface area contributed by atoms with Gasteiger partial charge in [-0.15, -0.1) is 0 Å². The fourth-order valence-corrected chi connectivity index (χ4v) is 1.74. The lowest BCUT2D eigenvalue weighted by molar-refractivity contribution is 0.102. The SMILES string of the molecule is O=C(Nc1ccc(I)cc1)c1ccccc1F. The minimum Gasteiger partial charge on any atom is -0.322 e. The van der Waals surface area contributed by atoms with E-state index >= 15 is 0 Å². The molecule has 0 saturated heterocycles. The first kappa shape index (κ1) is 12.0. The Hall–Kier alpha value is -1.43. The first-order valence-electron chi connectivity index (χ1n) is 4.98. The van der Waals surface area contributed by atoms with Crippen molar-refractivity contribution in [3.05, 3.63) is 63.5 Å². The fourth-order valence-electron chi connectivity index (χ4n) is 1.38. The number of hydrogen-bond acceptors (Lipinski definition) is 1. The summed E-state index contributed by atoms with van der Waals surface area (Å²) in [6, 6.07) is 13.2. The van der Waals surface area contributed by atoms with Crippen LogP contribution in [0.15, 0.2) is 48.5 Å². The van der Waals surface area contributed by atoms with Gasteiger partial charge in [-0.3, -0.25) is 4.79 Å². The van der Waals surface area contributed by atoms with E-state index in [4.69, 9.17) is 0 Å². The first-order chi connectivity index (χ1) is 8.16. The summed E-state index contributed by atoms with van der Waals surface area (Å²) in [5, 5.41) is 2.64. The first-order valence-corrected chi connectivity index (χ1v) is 6.06. The molecule has 0 radical (unpaired) electrons. The van der Waals surface area contributed by atoms with Gasteiger partial charge >= 0.3 is 0 Å². The molecule has 17 heavy (non-hydrogen) atoms. The molecule has 2 aromatic rings. The molecule has 0 atom stereocenters. The average Bonchev–Trinajstić information content (AvgIpc) is 2.32. The maximum atomic E-state index is 13.3. The number of hydrogen-bond donors (Lipinski definition) is 1. The van der Waals surface area contributed by atoms with Gasteiger partial charge in [-0.05, 0) is 59.0 Å². The molecule has 0 spiro atoms. The molecule has 0 unspecified atom stereocenters. The average molecular weight is 341 g/mol. The van der Waals surface area contributed by atoms with E-state index in [1.165, 1.54) is 12.1 Å². The Morgan fingerprint density at radius 2 is 1.71 bits per heavy atom. The van der Waals surface area contributed by atoms with Gasteiger partial charge in [-0.25, -0.2) is 4.39 Å². The van der Waals surface area contributed by atoms with Crippen molar-refractivity contribution in [3.8, 4) is 0 Å². The maximum Gasteiger partial charge on any atom is 0.258 e. The largest absolute Gasteiger partial charge is 0.322 e. The molecule has 86 valence electrons. The predicted octanol–water partition coefficient (Wildman–Crippen LogP) is 3.68. The van der Waals surface area contributed by atoms with Crippen LogP contribution in [0.5, 0.6) is 0 Å². The molecule has 1 N–H and O–H groups in total. The highest BCUT2D eigenvalue weighted by atomic mass is 127. The van der Waals surface area contributed by atoms with Crippen molar-refractivity contribution >= 4 is 34.2 Å². The van der Waals surface area contributed by atoms with Crippen LogP contribution in [0.4, 0.5) is 10.1 Å². The Balaban J connectivity index is 2.17. The summed E-state index contributed by atoms with van der Waals surface area (Å²) in [4.78, 5) is 11.8. The maximum absolute atomic E-state index is 13.3. The molecule has 2 aromatic carbocycles. The third kappa shape index (κ3) is 3.03. The van der Waals surface area contributed by atoms with Gasteiger partial charge in [0.1, 0.15) is 5.82 Å². The van der Waals surface area contributed by atoms with Gasteiger partial charge in [0, 0.05) is 9.26 Å². The van der Waals surface area contributed by atoms with Gasteiger partial charge in [-0.2, -0.15) is 0 Å². The lowest BCUT2D eigenvalue weighted by atomic mass is 10.2. The second-order valence-electron chi connectivity index (χ2n) is 3.44. The third-order valence-electron chi connectivity index (χ3n) is 2.22. The molecule has 0 aliphatic rings. The number of carbonyl (C=O) groups is 1. The highest BCUT2D eigenvalue weighted by Crippen LogP contribution is 2.13. The van der Waals surface area contributed by atoms with Crippen LogP contribution in [0.3, 0.4) is 0 Å². The van der Waals surface area contributed by atoms with Crippen LogP contribution < -0.4 is 5.32 Å². The molecule has 0 fully saturated rings. The van der Waals surface area contributed by atoms with Gasteiger partial charge < -0.3 is 5.32 Å². The van der Waals surface area contributed by atoms with E-state index in [0.29, 0.717) is 5.69 Å². The molecule has 0 heterocycles. The van der Waals surface area contributed by atoms with Crippen molar-refractivity contribution in [1.82, 2.24) is 0 Å². The number of amides is 1. The molecule has 0 aromatic heterocycles.